The Kier molecular flexibility index (Phi) is 5.57. The average molecular weight is 340 g/mol. The second kappa shape index (κ2) is 7.09. The van der Waals surface area contributed by atoms with E-state index in [0.29, 0.717) is 26.1 Å². The molecule has 0 aromatic heterocycles. The van der Waals surface area contributed by atoms with Crippen molar-refractivity contribution in [1.82, 2.24) is 10.2 Å². The first-order chi connectivity index (χ1) is 10.7. The maximum atomic E-state index is 13.2. The number of halogens is 6. The Morgan fingerprint density at radius 2 is 1.83 bits per heavy atom. The second-order valence-corrected chi connectivity index (χ2v) is 5.93. The van der Waals surface area contributed by atoms with Crippen LogP contribution < -0.4 is 5.32 Å². The highest BCUT2D eigenvalue weighted by atomic mass is 19.4. The molecule has 1 aliphatic heterocycles. The van der Waals surface area contributed by atoms with Crippen LogP contribution in [0.25, 0.3) is 0 Å². The molecule has 0 unspecified atom stereocenters. The van der Waals surface area contributed by atoms with Gasteiger partial charge in [0, 0.05) is 12.6 Å². The van der Waals surface area contributed by atoms with Gasteiger partial charge in [0.25, 0.3) is 0 Å². The van der Waals surface area contributed by atoms with E-state index in [1.807, 2.05) is 0 Å². The van der Waals surface area contributed by atoms with Crippen LogP contribution in [-0.2, 0) is 0 Å². The summed E-state index contributed by atoms with van der Waals surface area (Å²) in [6.45, 7) is 1.86. The van der Waals surface area contributed by atoms with Gasteiger partial charge in [-0.1, -0.05) is 0 Å². The van der Waals surface area contributed by atoms with Gasteiger partial charge in [-0.15, -0.1) is 0 Å². The molecule has 2 atom stereocenters. The van der Waals surface area contributed by atoms with Crippen molar-refractivity contribution in [2.24, 2.45) is 5.92 Å². The van der Waals surface area contributed by atoms with Gasteiger partial charge in [-0.2, -0.15) is 13.2 Å². The predicted molar refractivity (Wildman–Crippen MR) is 73.3 cm³/mol. The summed E-state index contributed by atoms with van der Waals surface area (Å²) in [6.07, 6.45) is -3.58. The Morgan fingerprint density at radius 1 is 1.22 bits per heavy atom. The fraction of sp³-hybridized carbons (Fsp3) is 0.600. The molecule has 1 N–H and O–H groups in total. The van der Waals surface area contributed by atoms with E-state index in [1.54, 1.807) is 6.92 Å². The van der Waals surface area contributed by atoms with E-state index >= 15 is 0 Å². The fourth-order valence-corrected chi connectivity index (χ4v) is 2.76. The molecule has 2 nitrogen and oxygen atoms in total. The van der Waals surface area contributed by atoms with Gasteiger partial charge in [0.15, 0.2) is 17.5 Å². The van der Waals surface area contributed by atoms with Crippen LogP contribution in [0.15, 0.2) is 12.1 Å². The van der Waals surface area contributed by atoms with Gasteiger partial charge in [-0.05, 0) is 50.0 Å². The molecule has 130 valence electrons. The first-order valence-corrected chi connectivity index (χ1v) is 7.32. The van der Waals surface area contributed by atoms with Crippen LogP contribution >= 0.6 is 0 Å². The molecule has 1 aromatic carbocycles. The Balaban J connectivity index is 1.85. The third kappa shape index (κ3) is 5.10. The minimum Gasteiger partial charge on any atom is -0.310 e. The van der Waals surface area contributed by atoms with Crippen molar-refractivity contribution in [2.45, 2.75) is 25.6 Å². The van der Waals surface area contributed by atoms with Crippen molar-refractivity contribution < 1.29 is 26.3 Å². The highest BCUT2D eigenvalue weighted by molar-refractivity contribution is 5.22. The number of benzene rings is 1. The lowest BCUT2D eigenvalue weighted by Gasteiger charge is -2.20. The van der Waals surface area contributed by atoms with Crippen LogP contribution in [-0.4, -0.2) is 37.3 Å². The van der Waals surface area contributed by atoms with E-state index in [0.717, 1.165) is 12.1 Å². The third-order valence-electron chi connectivity index (χ3n) is 3.99. The molecular weight excluding hydrogens is 322 g/mol. The zero-order chi connectivity index (χ0) is 17.2. The number of hydrogen-bond donors (Lipinski definition) is 1. The molecule has 1 fully saturated rings. The van der Waals surface area contributed by atoms with Crippen molar-refractivity contribution in [3.05, 3.63) is 35.1 Å². The summed E-state index contributed by atoms with van der Waals surface area (Å²) in [5.74, 6) is -3.99. The molecule has 0 aliphatic carbocycles. The molecule has 2 rings (SSSR count). The molecule has 8 heteroatoms. The van der Waals surface area contributed by atoms with Crippen molar-refractivity contribution >= 4 is 0 Å². The quantitative estimate of drug-likeness (QED) is 0.650. The molecule has 0 saturated carbocycles. The fourth-order valence-electron chi connectivity index (χ4n) is 2.76. The van der Waals surface area contributed by atoms with Crippen LogP contribution in [0.1, 0.15) is 24.9 Å². The summed E-state index contributed by atoms with van der Waals surface area (Å²) < 4.78 is 76.3. The normalized spacial score (nSPS) is 20.9. The van der Waals surface area contributed by atoms with E-state index in [-0.39, 0.29) is 11.5 Å². The standard InChI is InChI=1S/C15H18F6N2/c1-9(11-4-12(16)14(18)13(17)5-11)22-6-10-2-3-23(7-10)8-15(19,20)21/h4-5,9-10,22H,2-3,6-8H2,1H3/t9-,10-/m1/s1. The lowest BCUT2D eigenvalue weighted by atomic mass is 10.1. The lowest BCUT2D eigenvalue weighted by molar-refractivity contribution is -0.143. The topological polar surface area (TPSA) is 15.3 Å². The maximum Gasteiger partial charge on any atom is 0.401 e. The minimum atomic E-state index is -4.21. The van der Waals surface area contributed by atoms with Crippen molar-refractivity contribution in [3.63, 3.8) is 0 Å². The maximum absolute atomic E-state index is 13.2. The number of alkyl halides is 3. The summed E-state index contributed by atoms with van der Waals surface area (Å²) in [6, 6.07) is 1.40. The number of rotatable bonds is 5. The van der Waals surface area contributed by atoms with Gasteiger partial charge in [0.1, 0.15) is 0 Å². The number of nitrogens with one attached hydrogen (secondary N) is 1. The van der Waals surface area contributed by atoms with Crippen molar-refractivity contribution in [2.75, 3.05) is 26.2 Å². The van der Waals surface area contributed by atoms with Gasteiger partial charge < -0.3 is 5.32 Å². The molecule has 1 heterocycles. The van der Waals surface area contributed by atoms with Gasteiger partial charge in [0.05, 0.1) is 6.54 Å². The van der Waals surface area contributed by atoms with Gasteiger partial charge in [-0.3, -0.25) is 4.90 Å². The van der Waals surface area contributed by atoms with Crippen molar-refractivity contribution in [1.29, 1.82) is 0 Å². The monoisotopic (exact) mass is 340 g/mol. The SMILES string of the molecule is C[C@@H](NC[C@H]1CCN(CC(F)(F)F)C1)c1cc(F)c(F)c(F)c1. The Labute approximate surface area is 130 Å². The summed E-state index contributed by atoms with van der Waals surface area (Å²) in [5.41, 5.74) is 0.256. The Morgan fingerprint density at radius 3 is 2.39 bits per heavy atom. The molecule has 0 radical (unpaired) electrons. The zero-order valence-corrected chi connectivity index (χ0v) is 12.6. The minimum absolute atomic E-state index is 0.0370. The molecule has 1 aromatic rings. The first-order valence-electron chi connectivity index (χ1n) is 7.32. The zero-order valence-electron chi connectivity index (χ0n) is 12.6. The van der Waals surface area contributed by atoms with Gasteiger partial charge in [0.2, 0.25) is 0 Å². The van der Waals surface area contributed by atoms with Gasteiger partial charge in [-0.25, -0.2) is 13.2 Å². The Bertz CT molecular complexity index is 522. The van der Waals surface area contributed by atoms with E-state index in [2.05, 4.69) is 5.32 Å². The Hall–Kier alpha value is -1.28. The van der Waals surface area contributed by atoms with E-state index < -0.39 is 36.2 Å². The molecule has 1 saturated heterocycles. The molecular formula is C15H18F6N2. The van der Waals surface area contributed by atoms with Crippen LogP contribution in [0.3, 0.4) is 0 Å². The third-order valence-corrected chi connectivity index (χ3v) is 3.99. The number of hydrogen-bond acceptors (Lipinski definition) is 2. The van der Waals surface area contributed by atoms with E-state index in [9.17, 15) is 26.3 Å². The number of nitrogens with zero attached hydrogens (tertiary/aromatic N) is 1. The molecule has 23 heavy (non-hydrogen) atoms. The van der Waals surface area contributed by atoms with Crippen LogP contribution in [0.4, 0.5) is 26.3 Å². The van der Waals surface area contributed by atoms with Gasteiger partial charge >= 0.3 is 6.18 Å². The summed E-state index contributed by atoms with van der Waals surface area (Å²) in [7, 11) is 0. The highest BCUT2D eigenvalue weighted by Crippen LogP contribution is 2.24. The van der Waals surface area contributed by atoms with E-state index in [4.69, 9.17) is 0 Å². The summed E-state index contributed by atoms with van der Waals surface area (Å²) >= 11 is 0. The number of likely N-dealkylation sites (tertiary alicyclic amines) is 1. The first kappa shape index (κ1) is 18.1. The van der Waals surface area contributed by atoms with Crippen LogP contribution in [0.2, 0.25) is 0 Å². The highest BCUT2D eigenvalue weighted by Gasteiger charge is 2.34. The average Bonchev–Trinajstić information content (AvgIpc) is 2.86. The smallest absolute Gasteiger partial charge is 0.310 e. The van der Waals surface area contributed by atoms with Crippen LogP contribution in [0, 0.1) is 23.4 Å². The summed E-state index contributed by atoms with van der Waals surface area (Å²) in [4.78, 5) is 1.34. The molecule has 0 spiro atoms. The lowest BCUT2D eigenvalue weighted by Crippen LogP contribution is -2.34. The van der Waals surface area contributed by atoms with E-state index in [1.165, 1.54) is 4.90 Å². The molecule has 1 aliphatic rings. The molecule has 0 amide bonds. The van der Waals surface area contributed by atoms with Crippen LogP contribution in [0.5, 0.6) is 0 Å². The molecule has 0 bridgehead atoms. The summed E-state index contributed by atoms with van der Waals surface area (Å²) in [5, 5.41) is 3.03. The second-order valence-electron chi connectivity index (χ2n) is 5.93. The predicted octanol–water partition coefficient (Wildman–Crippen LogP) is 3.64. The van der Waals surface area contributed by atoms with Crippen molar-refractivity contribution in [3.8, 4) is 0 Å². The largest absolute Gasteiger partial charge is 0.401 e.